The summed E-state index contributed by atoms with van der Waals surface area (Å²) in [6.07, 6.45) is 3.95. The molecule has 0 saturated carbocycles. The number of benzene rings is 2. The molecule has 2 fully saturated rings. The summed E-state index contributed by atoms with van der Waals surface area (Å²) in [5, 5.41) is 10.7. The van der Waals surface area contributed by atoms with E-state index >= 15 is 0 Å². The minimum atomic E-state index is -0.259. The van der Waals surface area contributed by atoms with Crippen LogP contribution in [0.15, 0.2) is 51.7 Å². The second-order valence-electron chi connectivity index (χ2n) is 9.61. The van der Waals surface area contributed by atoms with Crippen LogP contribution in [-0.2, 0) is 11.8 Å². The highest BCUT2D eigenvalue weighted by molar-refractivity contribution is 5.95. The molecule has 0 aliphatic carbocycles. The first kappa shape index (κ1) is 22.6. The molecule has 2 aromatic heterocycles. The first-order chi connectivity index (χ1) is 17.6. The van der Waals surface area contributed by atoms with Crippen molar-refractivity contribution >= 4 is 27.7 Å². The van der Waals surface area contributed by atoms with Crippen molar-refractivity contribution in [3.63, 3.8) is 0 Å². The van der Waals surface area contributed by atoms with Gasteiger partial charge in [-0.25, -0.2) is 4.98 Å². The number of hydrogen-bond donors (Lipinski definition) is 0. The quantitative estimate of drug-likeness (QED) is 0.412. The molecule has 2 aliphatic heterocycles. The molecule has 0 spiro atoms. The molecule has 1 unspecified atom stereocenters. The van der Waals surface area contributed by atoms with Crippen LogP contribution < -0.4 is 15.2 Å². The lowest BCUT2D eigenvalue weighted by molar-refractivity contribution is 0.0680. The van der Waals surface area contributed by atoms with Crippen LogP contribution in [0.4, 0.5) is 5.69 Å². The van der Waals surface area contributed by atoms with Crippen LogP contribution in [0.2, 0.25) is 0 Å². The van der Waals surface area contributed by atoms with Gasteiger partial charge in [-0.1, -0.05) is 18.2 Å². The number of nitrogens with zero attached hydrogens (tertiary/aromatic N) is 4. The Morgan fingerprint density at radius 3 is 2.78 bits per heavy atom. The van der Waals surface area contributed by atoms with Crippen molar-refractivity contribution < 1.29 is 13.9 Å². The van der Waals surface area contributed by atoms with Crippen LogP contribution in [0.25, 0.3) is 22.0 Å². The molecular weight excluding hydrogens is 456 g/mol. The summed E-state index contributed by atoms with van der Waals surface area (Å²) in [5.74, 6) is 1.68. The van der Waals surface area contributed by atoms with Crippen molar-refractivity contribution in [3.05, 3.63) is 64.3 Å². The highest BCUT2D eigenvalue weighted by Gasteiger charge is 2.28. The molecule has 6 rings (SSSR count). The zero-order valence-electron chi connectivity index (χ0n) is 20.3. The molecular formula is C28H28N4O4. The number of aryl methyl sites for hydroxylation is 1. The van der Waals surface area contributed by atoms with Crippen LogP contribution in [0.3, 0.4) is 0 Å². The molecule has 1 atom stereocenters. The smallest absolute Gasteiger partial charge is 0.270 e. The molecule has 2 aromatic carbocycles. The minimum absolute atomic E-state index is 0.169. The first-order valence-electron chi connectivity index (χ1n) is 12.5. The highest BCUT2D eigenvalue weighted by atomic mass is 16.5. The third-order valence-corrected chi connectivity index (χ3v) is 7.38. The van der Waals surface area contributed by atoms with Gasteiger partial charge >= 0.3 is 0 Å². The number of aromatic nitrogens is 2. The summed E-state index contributed by atoms with van der Waals surface area (Å²) in [6.45, 7) is 2.79. The predicted molar refractivity (Wildman–Crippen MR) is 137 cm³/mol. The van der Waals surface area contributed by atoms with E-state index in [2.05, 4.69) is 11.0 Å². The number of anilines is 1. The van der Waals surface area contributed by atoms with Crippen molar-refractivity contribution in [3.8, 4) is 11.8 Å². The van der Waals surface area contributed by atoms with Gasteiger partial charge in [0, 0.05) is 44.1 Å². The van der Waals surface area contributed by atoms with E-state index in [1.165, 1.54) is 0 Å². The molecule has 4 aromatic rings. The molecule has 8 nitrogen and oxygen atoms in total. The average molecular weight is 485 g/mol. The second-order valence-corrected chi connectivity index (χ2v) is 9.61. The number of nitriles is 1. The minimum Gasteiger partial charge on any atom is -0.491 e. The first-order valence-corrected chi connectivity index (χ1v) is 12.5. The lowest BCUT2D eigenvalue weighted by atomic mass is 9.95. The van der Waals surface area contributed by atoms with Crippen molar-refractivity contribution in [2.24, 2.45) is 7.05 Å². The number of hydrogen-bond acceptors (Lipinski definition) is 7. The van der Waals surface area contributed by atoms with Crippen molar-refractivity contribution in [2.45, 2.75) is 37.7 Å². The summed E-state index contributed by atoms with van der Waals surface area (Å²) < 4.78 is 19.2. The third-order valence-electron chi connectivity index (χ3n) is 7.38. The van der Waals surface area contributed by atoms with Crippen molar-refractivity contribution in [1.82, 2.24) is 9.55 Å². The summed E-state index contributed by atoms with van der Waals surface area (Å²) in [5.41, 5.74) is 3.05. The van der Waals surface area contributed by atoms with Gasteiger partial charge in [0.1, 0.15) is 29.5 Å². The number of pyridine rings is 1. The van der Waals surface area contributed by atoms with E-state index in [4.69, 9.17) is 18.9 Å². The van der Waals surface area contributed by atoms with Crippen LogP contribution in [0, 0.1) is 11.3 Å². The molecule has 0 amide bonds. The predicted octanol–water partition coefficient (Wildman–Crippen LogP) is 4.49. The molecule has 0 radical (unpaired) electrons. The standard InChI is InChI=1S/C28H28N4O4/c1-31-24-7-3-2-6-21(24)26(22(16-29)28(31)33)32-12-10-18(11-13-32)27-30-23-15-19(8-9-25(23)36-27)35-17-20-5-4-14-34-20/h2-3,6-9,15,18,20H,4-5,10-14,17H2,1H3. The Morgan fingerprint density at radius 2 is 2.00 bits per heavy atom. The maximum atomic E-state index is 12.9. The molecule has 8 heteroatoms. The molecule has 36 heavy (non-hydrogen) atoms. The third kappa shape index (κ3) is 3.99. The number of oxazole rings is 1. The van der Waals surface area contributed by atoms with Gasteiger partial charge in [-0.15, -0.1) is 0 Å². The normalized spacial score (nSPS) is 18.7. The maximum Gasteiger partial charge on any atom is 0.270 e. The van der Waals surface area contributed by atoms with E-state index in [1.54, 1.807) is 11.6 Å². The molecule has 184 valence electrons. The van der Waals surface area contributed by atoms with E-state index in [9.17, 15) is 10.1 Å². The number of ether oxygens (including phenoxy) is 2. The van der Waals surface area contributed by atoms with Crippen LogP contribution in [0.1, 0.15) is 43.1 Å². The van der Waals surface area contributed by atoms with Crippen LogP contribution in [0.5, 0.6) is 5.75 Å². The van der Waals surface area contributed by atoms with Gasteiger partial charge in [0.2, 0.25) is 0 Å². The largest absolute Gasteiger partial charge is 0.491 e. The van der Waals surface area contributed by atoms with Gasteiger partial charge in [0.05, 0.1) is 17.3 Å². The van der Waals surface area contributed by atoms with Crippen LogP contribution in [-0.4, -0.2) is 42.0 Å². The Labute approximate surface area is 208 Å². The van der Waals surface area contributed by atoms with Gasteiger partial charge in [0.25, 0.3) is 5.56 Å². The van der Waals surface area contributed by atoms with Gasteiger partial charge in [0.15, 0.2) is 11.5 Å². The Morgan fingerprint density at radius 1 is 1.17 bits per heavy atom. The summed E-state index contributed by atoms with van der Waals surface area (Å²) in [7, 11) is 1.72. The summed E-state index contributed by atoms with van der Waals surface area (Å²) in [6, 6.07) is 15.7. The van der Waals surface area contributed by atoms with E-state index in [-0.39, 0.29) is 23.1 Å². The zero-order chi connectivity index (χ0) is 24.6. The lowest BCUT2D eigenvalue weighted by Gasteiger charge is -2.33. The van der Waals surface area contributed by atoms with E-state index in [1.807, 2.05) is 42.5 Å². The molecule has 0 N–H and O–H groups in total. The fourth-order valence-electron chi connectivity index (χ4n) is 5.41. The monoisotopic (exact) mass is 484 g/mol. The SMILES string of the molecule is Cn1c(=O)c(C#N)c(N2CCC(c3nc4cc(OCC5CCCO5)ccc4o3)CC2)c2ccccc21. The van der Waals surface area contributed by atoms with Crippen LogP contribution >= 0.6 is 0 Å². The number of fused-ring (bicyclic) bond motifs is 2. The summed E-state index contributed by atoms with van der Waals surface area (Å²) in [4.78, 5) is 19.8. The Bertz CT molecular complexity index is 1520. The van der Waals surface area contributed by atoms with Gasteiger partial charge in [-0.2, -0.15) is 5.26 Å². The lowest BCUT2D eigenvalue weighted by Crippen LogP contribution is -2.35. The van der Waals surface area contributed by atoms with Gasteiger partial charge < -0.3 is 23.4 Å². The Hall–Kier alpha value is -3.83. The Balaban J connectivity index is 1.20. The topological polar surface area (TPSA) is 93.5 Å². The summed E-state index contributed by atoms with van der Waals surface area (Å²) >= 11 is 0. The van der Waals surface area contributed by atoms with Crippen molar-refractivity contribution in [1.29, 1.82) is 5.26 Å². The zero-order valence-corrected chi connectivity index (χ0v) is 20.3. The molecule has 2 saturated heterocycles. The molecule has 0 bridgehead atoms. The molecule has 2 aliphatic rings. The van der Waals surface area contributed by atoms with Crippen molar-refractivity contribution in [2.75, 3.05) is 31.2 Å². The van der Waals surface area contributed by atoms with Gasteiger partial charge in [-0.3, -0.25) is 4.79 Å². The Kier molecular flexibility index (Phi) is 5.86. The van der Waals surface area contributed by atoms with E-state index < -0.39 is 0 Å². The number of rotatable bonds is 5. The number of para-hydroxylation sites is 1. The average Bonchev–Trinajstić information content (AvgIpc) is 3.59. The number of piperidine rings is 1. The highest BCUT2D eigenvalue weighted by Crippen LogP contribution is 2.36. The van der Waals surface area contributed by atoms with E-state index in [0.717, 1.165) is 71.6 Å². The van der Waals surface area contributed by atoms with Gasteiger partial charge in [-0.05, 0) is 43.9 Å². The fraction of sp³-hybridized carbons (Fsp3) is 0.393. The fourth-order valence-corrected chi connectivity index (χ4v) is 5.41. The molecule has 4 heterocycles. The maximum absolute atomic E-state index is 12.9. The van der Waals surface area contributed by atoms with E-state index in [0.29, 0.717) is 19.7 Å². The second kappa shape index (κ2) is 9.32.